The van der Waals surface area contributed by atoms with E-state index in [-0.39, 0.29) is 8.99 Å². The molecule has 3 unspecified atom stereocenters. The zero-order valence-electron chi connectivity index (χ0n) is 21.2. The summed E-state index contributed by atoms with van der Waals surface area (Å²) in [5, 5.41) is -1.23. The van der Waals surface area contributed by atoms with Crippen LogP contribution in [0.2, 0.25) is 33.0 Å². The van der Waals surface area contributed by atoms with E-state index in [0.29, 0.717) is 6.42 Å². The third kappa shape index (κ3) is 8.53. The van der Waals surface area contributed by atoms with E-state index < -0.39 is 31.8 Å². The van der Waals surface area contributed by atoms with E-state index in [1.54, 1.807) is 0 Å². The molecular formula is C25H48Cl2O2SiSn. The molecule has 0 saturated carbocycles. The van der Waals surface area contributed by atoms with Gasteiger partial charge in [0.05, 0.1) is 0 Å². The van der Waals surface area contributed by atoms with Crippen LogP contribution < -0.4 is 0 Å². The number of allylic oxidation sites excluding steroid dienone is 1. The molecule has 6 heteroatoms. The summed E-state index contributed by atoms with van der Waals surface area (Å²) in [6.45, 7) is 15.7. The zero-order chi connectivity index (χ0) is 23.6. The monoisotopic (exact) mass is 598 g/mol. The quantitative estimate of drug-likeness (QED) is 0.0810. The standard InChI is InChI=1S/C13H21Cl2O2Si.3C4H9.Sn/c1-5-6-9-16-11-7-8-12(14)13(15,10-11)17-18(2,3)4;3*1-3-4-2;/h6-9,12H,5,10H2,1-4H3;3*1,3-4H2,2H3;/b9-6+;;;;. The summed E-state index contributed by atoms with van der Waals surface area (Å²) in [7, 11) is -1.90. The Morgan fingerprint density at radius 2 is 1.52 bits per heavy atom. The molecule has 0 radical (unpaired) electrons. The van der Waals surface area contributed by atoms with Crippen LogP contribution in [-0.4, -0.2) is 40.7 Å². The summed E-state index contributed by atoms with van der Waals surface area (Å²) >= 11 is 11.2. The van der Waals surface area contributed by atoms with Crippen molar-refractivity contribution < 1.29 is 9.16 Å². The van der Waals surface area contributed by atoms with Crippen molar-refractivity contribution in [1.29, 1.82) is 0 Å². The molecule has 1 rings (SSSR count). The average Bonchev–Trinajstić information content (AvgIpc) is 2.69. The molecule has 1 aliphatic rings. The van der Waals surface area contributed by atoms with Gasteiger partial charge in [-0.2, -0.15) is 0 Å². The molecule has 0 fully saturated rings. The molecule has 0 N–H and O–H groups in total. The molecular weight excluding hydrogens is 550 g/mol. The summed E-state index contributed by atoms with van der Waals surface area (Å²) in [5.74, 6) is 0. The minimum atomic E-state index is -2.91. The third-order valence-corrected chi connectivity index (χ3v) is 26.3. The molecule has 0 aromatic heterocycles. The zero-order valence-corrected chi connectivity index (χ0v) is 26.6. The fourth-order valence-electron chi connectivity index (χ4n) is 4.89. The second-order valence-corrected chi connectivity index (χ2v) is 29.9. The molecule has 0 bridgehead atoms. The number of hydrogen-bond acceptors (Lipinski definition) is 2. The topological polar surface area (TPSA) is 18.5 Å². The minimum absolute atomic E-state index is 0.299. The van der Waals surface area contributed by atoms with Crippen LogP contribution in [0.25, 0.3) is 0 Å². The first kappa shape index (κ1) is 29.9. The van der Waals surface area contributed by atoms with E-state index in [4.69, 9.17) is 32.4 Å². The Hall–Kier alpha value is 0.836. The van der Waals surface area contributed by atoms with Gasteiger partial charge < -0.3 is 0 Å². The van der Waals surface area contributed by atoms with Gasteiger partial charge in [-0.15, -0.1) is 0 Å². The maximum absolute atomic E-state index is 7.27. The predicted octanol–water partition coefficient (Wildman–Crippen LogP) is 9.41. The van der Waals surface area contributed by atoms with Gasteiger partial charge in [0.25, 0.3) is 0 Å². The Morgan fingerprint density at radius 1 is 1.00 bits per heavy atom. The van der Waals surface area contributed by atoms with Crippen LogP contribution in [0, 0.1) is 0 Å². The molecule has 0 heterocycles. The summed E-state index contributed by atoms with van der Waals surface area (Å²) in [4.78, 5) is 0. The van der Waals surface area contributed by atoms with E-state index in [0.717, 1.165) is 6.42 Å². The predicted molar refractivity (Wildman–Crippen MR) is 145 cm³/mol. The first-order valence-corrected chi connectivity index (χ1v) is 24.3. The number of hydrogen-bond donors (Lipinski definition) is 0. The van der Waals surface area contributed by atoms with Crippen molar-refractivity contribution in [3.63, 3.8) is 0 Å². The first-order valence-electron chi connectivity index (χ1n) is 12.6. The summed E-state index contributed by atoms with van der Waals surface area (Å²) in [6.07, 6.45) is 17.7. The van der Waals surface area contributed by atoms with E-state index in [1.807, 2.05) is 6.26 Å². The summed E-state index contributed by atoms with van der Waals surface area (Å²) in [6, 6.07) is 0. The average molecular weight is 598 g/mol. The molecule has 0 spiro atoms. The Bertz CT molecular complexity index is 557. The second-order valence-electron chi connectivity index (χ2n) is 10.3. The van der Waals surface area contributed by atoms with Gasteiger partial charge in [-0.05, 0) is 0 Å². The Labute approximate surface area is 208 Å². The van der Waals surface area contributed by atoms with Crippen molar-refractivity contribution in [2.24, 2.45) is 0 Å². The van der Waals surface area contributed by atoms with Crippen LogP contribution in [-0.2, 0) is 9.16 Å². The van der Waals surface area contributed by atoms with Crippen molar-refractivity contribution in [2.75, 3.05) is 0 Å². The van der Waals surface area contributed by atoms with Crippen LogP contribution in [0.4, 0.5) is 0 Å². The van der Waals surface area contributed by atoms with Gasteiger partial charge in [-0.1, -0.05) is 0 Å². The molecule has 0 aromatic rings. The van der Waals surface area contributed by atoms with E-state index >= 15 is 0 Å². The van der Waals surface area contributed by atoms with E-state index in [1.165, 1.54) is 51.8 Å². The van der Waals surface area contributed by atoms with Crippen LogP contribution in [0.1, 0.15) is 79.1 Å². The SMILES string of the molecule is CC/C=C/O[C]1([Sn]([CH2]CCC)([CH2]CCC)[CH2]CCC)C=CC(Cl)C(Cl)(O[Si](C)(C)C)C1. The first-order chi connectivity index (χ1) is 14.5. The molecule has 182 valence electrons. The van der Waals surface area contributed by atoms with Gasteiger partial charge in [0.15, 0.2) is 0 Å². The summed E-state index contributed by atoms with van der Waals surface area (Å²) in [5.41, 5.74) is 0. The van der Waals surface area contributed by atoms with Gasteiger partial charge in [0.1, 0.15) is 0 Å². The molecule has 0 aliphatic heterocycles. The van der Waals surface area contributed by atoms with Gasteiger partial charge >= 0.3 is 210 Å². The molecule has 0 saturated heterocycles. The van der Waals surface area contributed by atoms with Gasteiger partial charge in [-0.25, -0.2) is 0 Å². The number of rotatable bonds is 15. The third-order valence-electron chi connectivity index (χ3n) is 6.46. The normalized spacial score (nSPS) is 27.2. The number of unbranched alkanes of at least 4 members (excludes halogenated alkanes) is 3. The molecule has 2 nitrogen and oxygen atoms in total. The van der Waals surface area contributed by atoms with E-state index in [2.05, 4.69) is 65.6 Å². The van der Waals surface area contributed by atoms with Crippen LogP contribution in [0.5, 0.6) is 0 Å². The van der Waals surface area contributed by atoms with Crippen LogP contribution in [0.15, 0.2) is 24.5 Å². The molecule has 3 atom stereocenters. The van der Waals surface area contributed by atoms with Crippen molar-refractivity contribution in [2.45, 2.75) is 126 Å². The number of alkyl halides is 2. The van der Waals surface area contributed by atoms with Crippen molar-refractivity contribution in [3.05, 3.63) is 24.5 Å². The van der Waals surface area contributed by atoms with Crippen LogP contribution in [0.3, 0.4) is 0 Å². The van der Waals surface area contributed by atoms with Crippen molar-refractivity contribution in [1.82, 2.24) is 0 Å². The molecule has 0 amide bonds. The van der Waals surface area contributed by atoms with E-state index in [9.17, 15) is 0 Å². The van der Waals surface area contributed by atoms with Gasteiger partial charge in [0.2, 0.25) is 0 Å². The fraction of sp³-hybridized carbons (Fsp3) is 0.840. The van der Waals surface area contributed by atoms with Gasteiger partial charge in [0, 0.05) is 0 Å². The van der Waals surface area contributed by atoms with Crippen LogP contribution >= 0.6 is 23.2 Å². The Balaban J connectivity index is 3.60. The molecule has 1 aliphatic carbocycles. The number of ether oxygens (including phenoxy) is 1. The van der Waals surface area contributed by atoms with Crippen molar-refractivity contribution in [3.8, 4) is 0 Å². The molecule has 31 heavy (non-hydrogen) atoms. The Morgan fingerprint density at radius 3 is 1.94 bits per heavy atom. The number of halogens is 2. The second kappa shape index (κ2) is 13.7. The maximum atomic E-state index is 7.27. The molecule has 0 aromatic carbocycles. The van der Waals surface area contributed by atoms with Gasteiger partial charge in [-0.3, -0.25) is 0 Å². The summed E-state index contributed by atoms with van der Waals surface area (Å²) < 4.78 is 17.2. The van der Waals surface area contributed by atoms with Crippen molar-refractivity contribution >= 4 is 49.9 Å². The Kier molecular flexibility index (Phi) is 13.2. The fourth-order valence-corrected chi connectivity index (χ4v) is 26.3.